The normalized spacial score (nSPS) is 13.0. The lowest BCUT2D eigenvalue weighted by Gasteiger charge is -2.16. The summed E-state index contributed by atoms with van der Waals surface area (Å²) in [5.74, 6) is 1.44. The number of nitrogens with zero attached hydrogens (tertiary/aromatic N) is 1. The van der Waals surface area contributed by atoms with E-state index in [4.69, 9.17) is 4.42 Å². The zero-order chi connectivity index (χ0) is 15.0. The molecule has 0 unspecified atom stereocenters. The first kappa shape index (κ1) is 13.4. The van der Waals surface area contributed by atoms with Crippen LogP contribution in [0.25, 0.3) is 0 Å². The second-order valence-corrected chi connectivity index (χ2v) is 5.27. The van der Waals surface area contributed by atoms with Gasteiger partial charge in [-0.3, -0.25) is 9.59 Å². The van der Waals surface area contributed by atoms with E-state index in [1.165, 1.54) is 0 Å². The number of hydrogen-bond donors (Lipinski definition) is 1. The van der Waals surface area contributed by atoms with Crippen LogP contribution in [0.3, 0.4) is 0 Å². The summed E-state index contributed by atoms with van der Waals surface area (Å²) in [5, 5.41) is 2.76. The van der Waals surface area contributed by atoms with Gasteiger partial charge in [-0.25, -0.2) is 0 Å². The van der Waals surface area contributed by atoms with E-state index < -0.39 is 0 Å². The van der Waals surface area contributed by atoms with Gasteiger partial charge in [0.25, 0.3) is 5.91 Å². The number of carbonyl (C=O) groups is 2. The van der Waals surface area contributed by atoms with E-state index in [-0.39, 0.29) is 11.8 Å². The van der Waals surface area contributed by atoms with E-state index in [1.54, 1.807) is 24.1 Å². The third-order valence-corrected chi connectivity index (χ3v) is 3.52. The number of carbonyl (C=O) groups excluding carboxylic acids is 2. The van der Waals surface area contributed by atoms with E-state index in [2.05, 4.69) is 5.32 Å². The molecular formula is C16H16N2O3. The Balaban J connectivity index is 1.76. The van der Waals surface area contributed by atoms with Crippen molar-refractivity contribution in [3.63, 3.8) is 0 Å². The molecule has 5 heteroatoms. The first-order valence-corrected chi connectivity index (χ1v) is 6.76. The highest BCUT2D eigenvalue weighted by Gasteiger charge is 2.20. The third-order valence-electron chi connectivity index (χ3n) is 3.52. The van der Waals surface area contributed by atoms with Gasteiger partial charge < -0.3 is 14.6 Å². The first-order chi connectivity index (χ1) is 10.0. The fourth-order valence-corrected chi connectivity index (χ4v) is 2.44. The van der Waals surface area contributed by atoms with E-state index in [1.807, 2.05) is 25.1 Å². The first-order valence-electron chi connectivity index (χ1n) is 6.76. The number of furan rings is 1. The Morgan fingerprint density at radius 3 is 2.86 bits per heavy atom. The number of fused-ring (bicyclic) bond motifs is 1. The SMILES string of the molecule is Cc1ccc(CN(C)C(=O)c2ccc3c(c2)NC(=O)C3)o1. The molecule has 0 spiro atoms. The Morgan fingerprint density at radius 2 is 2.14 bits per heavy atom. The number of nitrogens with one attached hydrogen (secondary N) is 1. The van der Waals surface area contributed by atoms with E-state index in [0.29, 0.717) is 18.5 Å². The van der Waals surface area contributed by atoms with Gasteiger partial charge in [0.1, 0.15) is 11.5 Å². The molecule has 0 fully saturated rings. The Kier molecular flexibility index (Phi) is 3.25. The van der Waals surface area contributed by atoms with Crippen LogP contribution in [0.15, 0.2) is 34.7 Å². The summed E-state index contributed by atoms with van der Waals surface area (Å²) in [7, 11) is 1.73. The second-order valence-electron chi connectivity index (χ2n) is 5.27. The molecule has 1 N–H and O–H groups in total. The van der Waals surface area contributed by atoms with E-state index in [9.17, 15) is 9.59 Å². The summed E-state index contributed by atoms with van der Waals surface area (Å²) >= 11 is 0. The minimum absolute atomic E-state index is 0.0333. The molecular weight excluding hydrogens is 268 g/mol. The van der Waals surface area contributed by atoms with Crippen molar-refractivity contribution in [1.29, 1.82) is 0 Å². The van der Waals surface area contributed by atoms with Crippen LogP contribution >= 0.6 is 0 Å². The Hall–Kier alpha value is -2.56. The summed E-state index contributed by atoms with van der Waals surface area (Å²) in [6, 6.07) is 9.05. The lowest BCUT2D eigenvalue weighted by molar-refractivity contribution is -0.115. The molecule has 1 aromatic heterocycles. The monoisotopic (exact) mass is 284 g/mol. The van der Waals surface area contributed by atoms with Gasteiger partial charge in [0.2, 0.25) is 5.91 Å². The van der Waals surface area contributed by atoms with Gasteiger partial charge in [-0.1, -0.05) is 6.07 Å². The highest BCUT2D eigenvalue weighted by atomic mass is 16.3. The van der Waals surface area contributed by atoms with Crippen LogP contribution in [0.5, 0.6) is 0 Å². The Labute approximate surface area is 122 Å². The Bertz CT molecular complexity index is 718. The highest BCUT2D eigenvalue weighted by Crippen LogP contribution is 2.24. The molecule has 21 heavy (non-hydrogen) atoms. The van der Waals surface area contributed by atoms with Gasteiger partial charge in [-0.05, 0) is 36.8 Å². The average molecular weight is 284 g/mol. The van der Waals surface area contributed by atoms with E-state index >= 15 is 0 Å². The molecule has 0 atom stereocenters. The van der Waals surface area contributed by atoms with Gasteiger partial charge in [-0.2, -0.15) is 0 Å². The van der Waals surface area contributed by atoms with Gasteiger partial charge in [0, 0.05) is 18.3 Å². The zero-order valence-electron chi connectivity index (χ0n) is 12.0. The van der Waals surface area contributed by atoms with Crippen molar-refractivity contribution in [2.75, 3.05) is 12.4 Å². The number of amides is 2. The second kappa shape index (κ2) is 5.09. The molecule has 3 rings (SSSR count). The predicted molar refractivity (Wildman–Crippen MR) is 78.0 cm³/mol. The van der Waals surface area contributed by atoms with Gasteiger partial charge >= 0.3 is 0 Å². The maximum atomic E-state index is 12.4. The van der Waals surface area contributed by atoms with Crippen LogP contribution in [-0.2, 0) is 17.8 Å². The molecule has 2 amide bonds. The molecule has 0 saturated heterocycles. The minimum atomic E-state index is -0.104. The van der Waals surface area contributed by atoms with Crippen molar-refractivity contribution in [2.45, 2.75) is 19.9 Å². The number of anilines is 1. The Morgan fingerprint density at radius 1 is 1.33 bits per heavy atom. The molecule has 0 radical (unpaired) electrons. The third kappa shape index (κ3) is 2.67. The van der Waals surface area contributed by atoms with Crippen LogP contribution in [0.4, 0.5) is 5.69 Å². The topological polar surface area (TPSA) is 62.6 Å². The summed E-state index contributed by atoms with van der Waals surface area (Å²) in [4.78, 5) is 25.3. The average Bonchev–Trinajstić information content (AvgIpc) is 3.01. The molecule has 1 aliphatic rings. The van der Waals surface area contributed by atoms with Crippen molar-refractivity contribution in [3.05, 3.63) is 53.0 Å². The van der Waals surface area contributed by atoms with Crippen molar-refractivity contribution >= 4 is 17.5 Å². The molecule has 2 aromatic rings. The van der Waals surface area contributed by atoms with Crippen LogP contribution in [0.1, 0.15) is 27.4 Å². The number of hydrogen-bond acceptors (Lipinski definition) is 3. The van der Waals surface area contributed by atoms with Gasteiger partial charge in [-0.15, -0.1) is 0 Å². The van der Waals surface area contributed by atoms with Crippen LogP contribution < -0.4 is 5.32 Å². The number of benzene rings is 1. The van der Waals surface area contributed by atoms with Gasteiger partial charge in [0.05, 0.1) is 13.0 Å². The van der Waals surface area contributed by atoms with Crippen molar-refractivity contribution in [1.82, 2.24) is 4.90 Å². The molecule has 0 aliphatic carbocycles. The predicted octanol–water partition coefficient (Wildman–Crippen LogP) is 2.35. The van der Waals surface area contributed by atoms with Crippen LogP contribution in [0, 0.1) is 6.92 Å². The summed E-state index contributed by atoms with van der Waals surface area (Å²) in [6.45, 7) is 2.28. The molecule has 0 bridgehead atoms. The smallest absolute Gasteiger partial charge is 0.254 e. The lowest BCUT2D eigenvalue weighted by Crippen LogP contribution is -2.26. The maximum absolute atomic E-state index is 12.4. The summed E-state index contributed by atoms with van der Waals surface area (Å²) in [6.07, 6.45) is 0.380. The molecule has 2 heterocycles. The standard InChI is InChI=1S/C16H16N2O3/c1-10-3-6-13(21-10)9-18(2)16(20)12-5-4-11-8-15(19)17-14(11)7-12/h3-7H,8-9H2,1-2H3,(H,17,19). The minimum Gasteiger partial charge on any atom is -0.464 e. The largest absolute Gasteiger partial charge is 0.464 e. The van der Waals surface area contributed by atoms with Crippen molar-refractivity contribution in [3.8, 4) is 0 Å². The highest BCUT2D eigenvalue weighted by molar-refractivity contribution is 6.02. The molecule has 1 aliphatic heterocycles. The van der Waals surface area contributed by atoms with E-state index in [0.717, 1.165) is 22.8 Å². The number of rotatable bonds is 3. The fraction of sp³-hybridized carbons (Fsp3) is 0.250. The quantitative estimate of drug-likeness (QED) is 0.941. The number of aryl methyl sites for hydroxylation is 1. The molecule has 5 nitrogen and oxygen atoms in total. The molecule has 108 valence electrons. The summed E-state index contributed by atoms with van der Waals surface area (Å²) < 4.78 is 5.48. The fourth-order valence-electron chi connectivity index (χ4n) is 2.44. The molecule has 0 saturated carbocycles. The lowest BCUT2D eigenvalue weighted by atomic mass is 10.1. The van der Waals surface area contributed by atoms with Crippen molar-refractivity contribution in [2.24, 2.45) is 0 Å². The summed E-state index contributed by atoms with van der Waals surface area (Å²) in [5.41, 5.74) is 2.22. The van der Waals surface area contributed by atoms with Gasteiger partial charge in [0.15, 0.2) is 0 Å². The van der Waals surface area contributed by atoms with Crippen molar-refractivity contribution < 1.29 is 14.0 Å². The van der Waals surface area contributed by atoms with Crippen LogP contribution in [0.2, 0.25) is 0 Å². The molecule has 1 aromatic carbocycles. The van der Waals surface area contributed by atoms with Crippen LogP contribution in [-0.4, -0.2) is 23.8 Å². The maximum Gasteiger partial charge on any atom is 0.254 e. The zero-order valence-corrected chi connectivity index (χ0v) is 12.0.